The SMILES string of the molecule is CCC1(c2ccc(NC(=O)C3(C)CC3(Cl)Cl)cc2)CCC(=O)NC1=O. The summed E-state index contributed by atoms with van der Waals surface area (Å²) in [5.41, 5.74) is -0.0483. The van der Waals surface area contributed by atoms with Crippen LogP contribution < -0.4 is 10.6 Å². The van der Waals surface area contributed by atoms with E-state index < -0.39 is 15.2 Å². The third kappa shape index (κ3) is 2.93. The summed E-state index contributed by atoms with van der Waals surface area (Å²) in [6.07, 6.45) is 1.82. The highest BCUT2D eigenvalue weighted by Gasteiger charge is 2.67. The van der Waals surface area contributed by atoms with E-state index in [0.29, 0.717) is 31.4 Å². The van der Waals surface area contributed by atoms with Crippen LogP contribution in [0.2, 0.25) is 0 Å². The average Bonchev–Trinajstić information content (AvgIpc) is 3.09. The molecule has 0 aromatic heterocycles. The van der Waals surface area contributed by atoms with Crippen molar-refractivity contribution in [2.75, 3.05) is 5.32 Å². The quantitative estimate of drug-likeness (QED) is 0.619. The van der Waals surface area contributed by atoms with Crippen LogP contribution in [0, 0.1) is 5.41 Å². The molecule has 1 saturated heterocycles. The van der Waals surface area contributed by atoms with E-state index in [1.54, 1.807) is 19.1 Å². The van der Waals surface area contributed by atoms with Crippen molar-refractivity contribution in [1.29, 1.82) is 0 Å². The molecule has 1 heterocycles. The molecule has 2 unspecified atom stereocenters. The average molecular weight is 383 g/mol. The fourth-order valence-corrected chi connectivity index (χ4v) is 4.06. The van der Waals surface area contributed by atoms with Crippen LogP contribution in [0.15, 0.2) is 24.3 Å². The van der Waals surface area contributed by atoms with Gasteiger partial charge in [0.2, 0.25) is 17.7 Å². The Morgan fingerprint density at radius 1 is 1.24 bits per heavy atom. The first kappa shape index (κ1) is 18.2. The molecule has 2 aliphatic rings. The molecule has 5 nitrogen and oxygen atoms in total. The minimum atomic E-state index is -1.02. The van der Waals surface area contributed by atoms with Crippen LogP contribution in [-0.4, -0.2) is 22.1 Å². The minimum absolute atomic E-state index is 0.225. The van der Waals surface area contributed by atoms with Crippen molar-refractivity contribution in [3.8, 4) is 0 Å². The van der Waals surface area contributed by atoms with Crippen LogP contribution in [0.3, 0.4) is 0 Å². The molecule has 134 valence electrons. The summed E-state index contributed by atoms with van der Waals surface area (Å²) in [6, 6.07) is 7.14. The maximum absolute atomic E-state index is 12.4. The van der Waals surface area contributed by atoms with Crippen LogP contribution in [0.25, 0.3) is 0 Å². The van der Waals surface area contributed by atoms with Gasteiger partial charge in [-0.15, -0.1) is 23.2 Å². The van der Waals surface area contributed by atoms with E-state index in [1.807, 2.05) is 19.1 Å². The van der Waals surface area contributed by atoms with Crippen molar-refractivity contribution < 1.29 is 14.4 Å². The van der Waals surface area contributed by atoms with E-state index in [1.165, 1.54) is 0 Å². The van der Waals surface area contributed by atoms with Gasteiger partial charge in [0, 0.05) is 12.1 Å². The fourth-order valence-electron chi connectivity index (χ4n) is 3.35. The lowest BCUT2D eigenvalue weighted by Crippen LogP contribution is -2.51. The number of amides is 3. The summed E-state index contributed by atoms with van der Waals surface area (Å²) in [5, 5.41) is 5.24. The van der Waals surface area contributed by atoms with E-state index in [9.17, 15) is 14.4 Å². The molecule has 2 N–H and O–H groups in total. The number of benzene rings is 1. The molecule has 25 heavy (non-hydrogen) atoms. The summed E-state index contributed by atoms with van der Waals surface area (Å²) in [4.78, 5) is 36.2. The molecule has 0 radical (unpaired) electrons. The smallest absolute Gasteiger partial charge is 0.237 e. The Kier molecular flexibility index (Phi) is 4.36. The molecule has 1 saturated carbocycles. The van der Waals surface area contributed by atoms with Gasteiger partial charge in [-0.3, -0.25) is 19.7 Å². The summed E-state index contributed by atoms with van der Waals surface area (Å²) in [6.45, 7) is 3.66. The normalized spacial score (nSPS) is 30.6. The van der Waals surface area contributed by atoms with Crippen molar-refractivity contribution in [3.05, 3.63) is 29.8 Å². The highest BCUT2D eigenvalue weighted by molar-refractivity contribution is 6.53. The summed E-state index contributed by atoms with van der Waals surface area (Å²) < 4.78 is -1.02. The third-order valence-corrected chi connectivity index (χ3v) is 6.63. The van der Waals surface area contributed by atoms with Gasteiger partial charge in [0.1, 0.15) is 4.33 Å². The fraction of sp³-hybridized carbons (Fsp3) is 0.500. The number of halogens is 2. The second-order valence-electron chi connectivity index (χ2n) is 7.06. The first-order chi connectivity index (χ1) is 11.6. The van der Waals surface area contributed by atoms with Crippen molar-refractivity contribution in [3.63, 3.8) is 0 Å². The molecule has 0 spiro atoms. The number of carbonyl (C=O) groups is 3. The zero-order valence-electron chi connectivity index (χ0n) is 14.1. The van der Waals surface area contributed by atoms with Gasteiger partial charge in [-0.2, -0.15) is 0 Å². The van der Waals surface area contributed by atoms with Crippen LogP contribution in [-0.2, 0) is 19.8 Å². The van der Waals surface area contributed by atoms with Crippen LogP contribution >= 0.6 is 23.2 Å². The van der Waals surface area contributed by atoms with Crippen LogP contribution in [0.4, 0.5) is 5.69 Å². The van der Waals surface area contributed by atoms with Crippen molar-refractivity contribution >= 4 is 46.6 Å². The van der Waals surface area contributed by atoms with Gasteiger partial charge >= 0.3 is 0 Å². The Balaban J connectivity index is 1.77. The van der Waals surface area contributed by atoms with Crippen molar-refractivity contribution in [2.45, 2.75) is 49.3 Å². The molecule has 3 amide bonds. The van der Waals surface area contributed by atoms with Gasteiger partial charge in [-0.25, -0.2) is 0 Å². The number of hydrogen-bond donors (Lipinski definition) is 2. The summed E-state index contributed by atoms with van der Waals surface area (Å²) in [7, 11) is 0. The van der Waals surface area contributed by atoms with E-state index in [-0.39, 0.29) is 17.7 Å². The van der Waals surface area contributed by atoms with Gasteiger partial charge < -0.3 is 5.32 Å². The van der Waals surface area contributed by atoms with E-state index in [0.717, 1.165) is 5.56 Å². The zero-order valence-corrected chi connectivity index (χ0v) is 15.6. The number of hydrogen-bond acceptors (Lipinski definition) is 3. The molecular formula is C18H20Cl2N2O3. The number of carbonyl (C=O) groups excluding carboxylic acids is 3. The number of nitrogens with one attached hydrogen (secondary N) is 2. The number of anilines is 1. The highest BCUT2D eigenvalue weighted by Crippen LogP contribution is 2.64. The molecule has 1 aliphatic carbocycles. The molecular weight excluding hydrogens is 363 g/mol. The van der Waals surface area contributed by atoms with Crippen LogP contribution in [0.1, 0.15) is 45.1 Å². The van der Waals surface area contributed by atoms with E-state index >= 15 is 0 Å². The molecule has 1 aromatic carbocycles. The van der Waals surface area contributed by atoms with Gasteiger partial charge in [0.05, 0.1) is 10.8 Å². The first-order valence-electron chi connectivity index (χ1n) is 8.29. The standard InChI is InChI=1S/C18H20Cl2N2O3/c1-3-17(9-8-13(23)22-15(17)25)11-4-6-12(7-5-11)21-14(24)16(2)10-18(16,19)20/h4-7H,3,8-10H2,1-2H3,(H,21,24)(H,22,23,25). The Labute approximate surface area is 156 Å². The van der Waals surface area contributed by atoms with E-state index in [4.69, 9.17) is 23.2 Å². The predicted octanol–water partition coefficient (Wildman–Crippen LogP) is 3.29. The Morgan fingerprint density at radius 3 is 2.32 bits per heavy atom. The van der Waals surface area contributed by atoms with Gasteiger partial charge in [0.25, 0.3) is 0 Å². The highest BCUT2D eigenvalue weighted by atomic mass is 35.5. The maximum atomic E-state index is 12.4. The summed E-state index contributed by atoms with van der Waals surface area (Å²) in [5.74, 6) is -0.722. The second-order valence-corrected chi connectivity index (χ2v) is 8.54. The third-order valence-electron chi connectivity index (χ3n) is 5.52. The van der Waals surface area contributed by atoms with Crippen molar-refractivity contribution in [1.82, 2.24) is 5.32 Å². The number of rotatable bonds is 4. The minimum Gasteiger partial charge on any atom is -0.326 e. The Hall–Kier alpha value is -1.59. The molecule has 1 aromatic rings. The first-order valence-corrected chi connectivity index (χ1v) is 9.04. The van der Waals surface area contributed by atoms with Crippen molar-refractivity contribution in [2.24, 2.45) is 5.41 Å². The van der Waals surface area contributed by atoms with E-state index in [2.05, 4.69) is 10.6 Å². The molecule has 1 aliphatic heterocycles. The zero-order chi connectivity index (χ0) is 18.5. The number of piperidine rings is 1. The largest absolute Gasteiger partial charge is 0.326 e. The summed E-state index contributed by atoms with van der Waals surface area (Å²) >= 11 is 12.1. The molecule has 7 heteroatoms. The molecule has 2 atom stereocenters. The monoisotopic (exact) mass is 382 g/mol. The van der Waals surface area contributed by atoms with Gasteiger partial charge in [-0.05, 0) is 43.9 Å². The van der Waals surface area contributed by atoms with Gasteiger partial charge in [0.15, 0.2) is 0 Å². The topological polar surface area (TPSA) is 75.3 Å². The Morgan fingerprint density at radius 2 is 1.84 bits per heavy atom. The molecule has 2 fully saturated rings. The van der Waals surface area contributed by atoms with Crippen LogP contribution in [0.5, 0.6) is 0 Å². The second kappa shape index (κ2) is 5.99. The number of imide groups is 1. The number of alkyl halides is 2. The maximum Gasteiger partial charge on any atom is 0.237 e. The molecule has 0 bridgehead atoms. The molecule has 3 rings (SSSR count). The lowest BCUT2D eigenvalue weighted by Gasteiger charge is -2.35. The van der Waals surface area contributed by atoms with Gasteiger partial charge in [-0.1, -0.05) is 19.1 Å². The lowest BCUT2D eigenvalue weighted by atomic mass is 9.72. The Bertz CT molecular complexity index is 747. The lowest BCUT2D eigenvalue weighted by molar-refractivity contribution is -0.138. The predicted molar refractivity (Wildman–Crippen MR) is 96.6 cm³/mol.